The Labute approximate surface area is 143 Å². The van der Waals surface area contributed by atoms with Gasteiger partial charge in [0.25, 0.3) is 0 Å². The minimum Gasteiger partial charge on any atom is -0.310 e. The molecule has 1 N–H and O–H groups in total. The van der Waals surface area contributed by atoms with E-state index in [-0.39, 0.29) is 0 Å². The van der Waals surface area contributed by atoms with Crippen molar-refractivity contribution < 1.29 is 0 Å². The summed E-state index contributed by atoms with van der Waals surface area (Å²) < 4.78 is 0. The van der Waals surface area contributed by atoms with Crippen LogP contribution in [0.4, 0.5) is 0 Å². The molecule has 22 heavy (non-hydrogen) atoms. The molecule has 4 aliphatic rings. The number of hydrogen-bond acceptors (Lipinski definition) is 1. The third-order valence-electron chi connectivity index (χ3n) is 6.63. The molecule has 0 aliphatic heterocycles. The van der Waals surface area contributed by atoms with Crippen LogP contribution in [-0.2, 0) is 6.54 Å². The monoisotopic (exact) mass is 337 g/mol. The summed E-state index contributed by atoms with van der Waals surface area (Å²) in [5.74, 6) is 3.01. The largest absolute Gasteiger partial charge is 0.310 e. The highest BCUT2D eigenvalue weighted by molar-refractivity contribution is 6.42. The van der Waals surface area contributed by atoms with E-state index in [1.54, 1.807) is 0 Å². The van der Waals surface area contributed by atoms with Crippen LogP contribution in [0.1, 0.15) is 51.0 Å². The lowest BCUT2D eigenvalue weighted by Crippen LogP contribution is -2.54. The molecule has 1 aromatic rings. The minimum atomic E-state index is 0.541. The van der Waals surface area contributed by atoms with Crippen LogP contribution >= 0.6 is 23.2 Å². The third kappa shape index (κ3) is 2.60. The van der Waals surface area contributed by atoms with Gasteiger partial charge in [-0.05, 0) is 80.2 Å². The first-order valence-corrected chi connectivity index (χ1v) is 9.47. The fourth-order valence-corrected chi connectivity index (χ4v) is 6.26. The van der Waals surface area contributed by atoms with E-state index in [1.807, 2.05) is 12.1 Å². The highest BCUT2D eigenvalue weighted by Crippen LogP contribution is 2.61. The molecule has 4 fully saturated rings. The zero-order chi connectivity index (χ0) is 15.3. The average Bonchev–Trinajstić information content (AvgIpc) is 2.47. The van der Waals surface area contributed by atoms with Gasteiger partial charge < -0.3 is 5.32 Å². The van der Waals surface area contributed by atoms with Crippen molar-refractivity contribution in [3.05, 3.63) is 33.8 Å². The lowest BCUT2D eigenvalue weighted by molar-refractivity contribution is -0.0706. The number of halogens is 2. The Morgan fingerprint density at radius 3 is 2.27 bits per heavy atom. The van der Waals surface area contributed by atoms with Crippen LogP contribution in [0.15, 0.2) is 18.2 Å². The van der Waals surface area contributed by atoms with Gasteiger partial charge in [0.1, 0.15) is 0 Å². The van der Waals surface area contributed by atoms with Crippen LogP contribution in [0.2, 0.25) is 10.0 Å². The van der Waals surface area contributed by atoms with E-state index in [0.717, 1.165) is 29.9 Å². The highest BCUT2D eigenvalue weighted by atomic mass is 35.5. The van der Waals surface area contributed by atoms with E-state index in [1.165, 1.54) is 38.5 Å². The predicted molar refractivity (Wildman–Crippen MR) is 93.4 cm³/mol. The SMILES string of the molecule is C[C@H](NCc1cccc(Cl)c1Cl)C12CC3CC(CC(C3)C1)C2. The molecule has 4 bridgehead atoms. The van der Waals surface area contributed by atoms with Crippen molar-refractivity contribution in [2.45, 2.75) is 58.0 Å². The third-order valence-corrected chi connectivity index (χ3v) is 7.49. The van der Waals surface area contributed by atoms with Crippen molar-refractivity contribution in [2.24, 2.45) is 23.2 Å². The average molecular weight is 338 g/mol. The fraction of sp³-hybridized carbons (Fsp3) is 0.684. The quantitative estimate of drug-likeness (QED) is 0.744. The Kier molecular flexibility index (Phi) is 3.95. The number of rotatable bonds is 4. The van der Waals surface area contributed by atoms with Gasteiger partial charge >= 0.3 is 0 Å². The van der Waals surface area contributed by atoms with Gasteiger partial charge in [-0.1, -0.05) is 35.3 Å². The summed E-state index contributed by atoms with van der Waals surface area (Å²) in [5, 5.41) is 5.14. The number of hydrogen-bond donors (Lipinski definition) is 1. The van der Waals surface area contributed by atoms with Crippen molar-refractivity contribution in [1.82, 2.24) is 5.32 Å². The smallest absolute Gasteiger partial charge is 0.0637 e. The maximum atomic E-state index is 6.32. The Morgan fingerprint density at radius 2 is 1.68 bits per heavy atom. The molecule has 0 saturated heterocycles. The molecular weight excluding hydrogens is 313 g/mol. The van der Waals surface area contributed by atoms with Crippen LogP contribution in [0.25, 0.3) is 0 Å². The molecule has 0 radical (unpaired) electrons. The zero-order valence-electron chi connectivity index (χ0n) is 13.2. The van der Waals surface area contributed by atoms with Gasteiger partial charge in [-0.3, -0.25) is 0 Å². The molecule has 4 aliphatic carbocycles. The summed E-state index contributed by atoms with van der Waals surface area (Å²) in [6, 6.07) is 6.49. The molecule has 0 heterocycles. The topological polar surface area (TPSA) is 12.0 Å². The molecule has 1 atom stereocenters. The lowest BCUT2D eigenvalue weighted by Gasteiger charge is -2.59. The van der Waals surface area contributed by atoms with Crippen LogP contribution in [0, 0.1) is 23.2 Å². The van der Waals surface area contributed by atoms with Crippen molar-refractivity contribution in [1.29, 1.82) is 0 Å². The maximum Gasteiger partial charge on any atom is 0.0637 e. The standard InChI is InChI=1S/C19H25Cl2N/c1-12(22-11-16-3-2-4-17(20)18(16)21)19-8-13-5-14(9-19)7-15(6-13)10-19/h2-4,12-15,22H,5-11H2,1H3/t12-,13?,14?,15?,19?/m0/s1. The van der Waals surface area contributed by atoms with Crippen molar-refractivity contribution >= 4 is 23.2 Å². The van der Waals surface area contributed by atoms with Crippen LogP contribution in [0.5, 0.6) is 0 Å². The number of benzene rings is 1. The van der Waals surface area contributed by atoms with E-state index in [2.05, 4.69) is 18.3 Å². The molecule has 5 rings (SSSR count). The van der Waals surface area contributed by atoms with Gasteiger partial charge in [0, 0.05) is 12.6 Å². The molecule has 0 aromatic heterocycles. The van der Waals surface area contributed by atoms with Crippen LogP contribution in [0.3, 0.4) is 0 Å². The molecule has 0 spiro atoms. The van der Waals surface area contributed by atoms with Crippen molar-refractivity contribution in [3.63, 3.8) is 0 Å². The Bertz CT molecular complexity index is 533. The zero-order valence-corrected chi connectivity index (χ0v) is 14.8. The summed E-state index contributed by atoms with van der Waals surface area (Å²) in [5.41, 5.74) is 1.66. The fourth-order valence-electron chi connectivity index (χ4n) is 5.87. The predicted octanol–water partition coefficient (Wildman–Crippen LogP) is 5.69. The molecule has 3 heteroatoms. The summed E-state index contributed by atoms with van der Waals surface area (Å²) in [4.78, 5) is 0. The van der Waals surface area contributed by atoms with E-state index in [9.17, 15) is 0 Å². The maximum absolute atomic E-state index is 6.32. The first-order valence-electron chi connectivity index (χ1n) is 8.72. The first kappa shape index (κ1) is 15.3. The van der Waals surface area contributed by atoms with E-state index in [0.29, 0.717) is 21.5 Å². The van der Waals surface area contributed by atoms with Gasteiger partial charge in [-0.15, -0.1) is 0 Å². The lowest BCUT2D eigenvalue weighted by atomic mass is 9.48. The second-order valence-electron chi connectivity index (χ2n) is 8.10. The second kappa shape index (κ2) is 5.69. The summed E-state index contributed by atoms with van der Waals surface area (Å²) >= 11 is 12.4. The van der Waals surface area contributed by atoms with Gasteiger partial charge in [0.05, 0.1) is 10.0 Å². The van der Waals surface area contributed by atoms with E-state index in [4.69, 9.17) is 23.2 Å². The van der Waals surface area contributed by atoms with Crippen LogP contribution in [-0.4, -0.2) is 6.04 Å². The minimum absolute atomic E-state index is 0.541. The highest BCUT2D eigenvalue weighted by Gasteiger charge is 2.52. The second-order valence-corrected chi connectivity index (χ2v) is 8.88. The van der Waals surface area contributed by atoms with Crippen molar-refractivity contribution in [3.8, 4) is 0 Å². The molecular formula is C19H25Cl2N. The summed E-state index contributed by atoms with van der Waals surface area (Å²) in [6.45, 7) is 3.22. The Hall–Kier alpha value is -0.240. The molecule has 120 valence electrons. The molecule has 1 aromatic carbocycles. The van der Waals surface area contributed by atoms with Gasteiger partial charge in [0.15, 0.2) is 0 Å². The van der Waals surface area contributed by atoms with Gasteiger partial charge in [0.2, 0.25) is 0 Å². The Balaban J connectivity index is 1.46. The van der Waals surface area contributed by atoms with Gasteiger partial charge in [-0.25, -0.2) is 0 Å². The molecule has 4 saturated carbocycles. The molecule has 0 amide bonds. The van der Waals surface area contributed by atoms with Gasteiger partial charge in [-0.2, -0.15) is 0 Å². The first-order chi connectivity index (χ1) is 10.6. The van der Waals surface area contributed by atoms with E-state index < -0.39 is 0 Å². The van der Waals surface area contributed by atoms with Crippen molar-refractivity contribution in [2.75, 3.05) is 0 Å². The van der Waals surface area contributed by atoms with Crippen LogP contribution < -0.4 is 5.32 Å². The number of nitrogens with one attached hydrogen (secondary N) is 1. The molecule has 0 unspecified atom stereocenters. The molecule has 1 nitrogen and oxygen atoms in total. The summed E-state index contributed by atoms with van der Waals surface area (Å²) in [6.07, 6.45) is 8.84. The normalized spacial score (nSPS) is 37.5. The summed E-state index contributed by atoms with van der Waals surface area (Å²) in [7, 11) is 0. The Morgan fingerprint density at radius 1 is 1.09 bits per heavy atom. The van der Waals surface area contributed by atoms with E-state index >= 15 is 0 Å².